The summed E-state index contributed by atoms with van der Waals surface area (Å²) in [6, 6.07) is 7.87. The molecule has 0 amide bonds. The molecule has 1 N–H and O–H groups in total. The zero-order valence-corrected chi connectivity index (χ0v) is 10.3. The second-order valence-corrected chi connectivity index (χ2v) is 4.60. The molecule has 94 valence electrons. The number of benzene rings is 1. The molecule has 0 bridgehead atoms. The van der Waals surface area contributed by atoms with Crippen LogP contribution in [0.2, 0.25) is 0 Å². The second-order valence-electron chi connectivity index (χ2n) is 4.60. The summed E-state index contributed by atoms with van der Waals surface area (Å²) in [5.41, 5.74) is 1.14. The van der Waals surface area contributed by atoms with Crippen LogP contribution in [-0.4, -0.2) is 31.5 Å². The van der Waals surface area contributed by atoms with E-state index >= 15 is 0 Å². The van der Waals surface area contributed by atoms with Crippen LogP contribution in [0.5, 0.6) is 5.75 Å². The van der Waals surface area contributed by atoms with E-state index in [0.717, 1.165) is 30.8 Å². The predicted octanol–water partition coefficient (Wildman–Crippen LogP) is 2.03. The van der Waals surface area contributed by atoms with Gasteiger partial charge < -0.3 is 14.6 Å². The summed E-state index contributed by atoms with van der Waals surface area (Å²) >= 11 is 0. The fourth-order valence-electron chi connectivity index (χ4n) is 2.24. The summed E-state index contributed by atoms with van der Waals surface area (Å²) in [6.45, 7) is 1.53. The highest BCUT2D eigenvalue weighted by Crippen LogP contribution is 2.21. The number of aliphatic hydroxyl groups is 1. The molecule has 0 aromatic heterocycles. The van der Waals surface area contributed by atoms with E-state index in [4.69, 9.17) is 9.47 Å². The van der Waals surface area contributed by atoms with Crippen molar-refractivity contribution < 1.29 is 14.6 Å². The Balaban J connectivity index is 1.89. The van der Waals surface area contributed by atoms with Crippen LogP contribution < -0.4 is 4.74 Å². The van der Waals surface area contributed by atoms with Crippen LogP contribution in [-0.2, 0) is 11.2 Å². The molecule has 3 heteroatoms. The molecule has 2 rings (SSSR count). The number of hydrogen-bond acceptors (Lipinski definition) is 3. The highest BCUT2D eigenvalue weighted by atomic mass is 16.5. The van der Waals surface area contributed by atoms with Crippen LogP contribution in [0.1, 0.15) is 18.4 Å². The minimum atomic E-state index is -0.302. The molecule has 0 radical (unpaired) electrons. The lowest BCUT2D eigenvalue weighted by Crippen LogP contribution is -2.30. The van der Waals surface area contributed by atoms with Gasteiger partial charge in [0.25, 0.3) is 0 Å². The summed E-state index contributed by atoms with van der Waals surface area (Å²) in [5.74, 6) is 1.13. The van der Waals surface area contributed by atoms with E-state index < -0.39 is 0 Å². The van der Waals surface area contributed by atoms with E-state index in [9.17, 15) is 5.11 Å². The van der Waals surface area contributed by atoms with Crippen LogP contribution in [0, 0.1) is 5.92 Å². The Hall–Kier alpha value is -1.06. The quantitative estimate of drug-likeness (QED) is 0.869. The molecule has 17 heavy (non-hydrogen) atoms. The molecule has 1 aromatic rings. The Labute approximate surface area is 102 Å². The summed E-state index contributed by atoms with van der Waals surface area (Å²) in [6.07, 6.45) is 2.52. The molecule has 0 aliphatic carbocycles. The van der Waals surface area contributed by atoms with Gasteiger partial charge in [0.05, 0.1) is 19.8 Å². The van der Waals surface area contributed by atoms with Gasteiger partial charge in [0.1, 0.15) is 5.75 Å². The van der Waals surface area contributed by atoms with Crippen molar-refractivity contribution in [2.24, 2.45) is 5.92 Å². The van der Waals surface area contributed by atoms with Crippen molar-refractivity contribution in [3.8, 4) is 5.75 Å². The minimum absolute atomic E-state index is 0.283. The smallest absolute Gasteiger partial charge is 0.118 e. The molecule has 3 nitrogen and oxygen atoms in total. The van der Waals surface area contributed by atoms with Crippen molar-refractivity contribution in [1.82, 2.24) is 0 Å². The molecule has 0 saturated carbocycles. The van der Waals surface area contributed by atoms with Crippen LogP contribution in [0.15, 0.2) is 24.3 Å². The fourth-order valence-corrected chi connectivity index (χ4v) is 2.24. The van der Waals surface area contributed by atoms with E-state index in [2.05, 4.69) is 0 Å². The first-order valence-electron chi connectivity index (χ1n) is 6.18. The molecule has 2 atom stereocenters. The van der Waals surface area contributed by atoms with Gasteiger partial charge in [-0.25, -0.2) is 0 Å². The third kappa shape index (κ3) is 3.45. The summed E-state index contributed by atoms with van der Waals surface area (Å²) in [4.78, 5) is 0. The number of hydrogen-bond donors (Lipinski definition) is 1. The molecule has 0 spiro atoms. The highest BCUT2D eigenvalue weighted by molar-refractivity contribution is 5.27. The van der Waals surface area contributed by atoms with Crippen LogP contribution in [0.4, 0.5) is 0 Å². The van der Waals surface area contributed by atoms with E-state index in [0.29, 0.717) is 13.0 Å². The summed E-state index contributed by atoms with van der Waals surface area (Å²) in [7, 11) is 1.66. The van der Waals surface area contributed by atoms with Crippen molar-refractivity contribution in [2.45, 2.75) is 25.4 Å². The SMILES string of the molecule is COc1ccc(CC(O)C2CCCOC2)cc1. The van der Waals surface area contributed by atoms with Crippen molar-refractivity contribution in [2.75, 3.05) is 20.3 Å². The van der Waals surface area contributed by atoms with Gasteiger partial charge in [-0.05, 0) is 37.0 Å². The zero-order valence-electron chi connectivity index (χ0n) is 10.3. The Bertz CT molecular complexity index is 328. The van der Waals surface area contributed by atoms with Gasteiger partial charge >= 0.3 is 0 Å². The molecule has 2 unspecified atom stereocenters. The zero-order chi connectivity index (χ0) is 12.1. The number of ether oxygens (including phenoxy) is 2. The molecule has 1 heterocycles. The van der Waals surface area contributed by atoms with Crippen molar-refractivity contribution in [3.63, 3.8) is 0 Å². The summed E-state index contributed by atoms with van der Waals surface area (Å²) in [5, 5.41) is 10.1. The fraction of sp³-hybridized carbons (Fsp3) is 0.571. The van der Waals surface area contributed by atoms with Gasteiger partial charge in [-0.15, -0.1) is 0 Å². The third-order valence-corrected chi connectivity index (χ3v) is 3.34. The van der Waals surface area contributed by atoms with Gasteiger partial charge in [-0.2, -0.15) is 0 Å². The average molecular weight is 236 g/mol. The maximum Gasteiger partial charge on any atom is 0.118 e. The van der Waals surface area contributed by atoms with Crippen molar-refractivity contribution in [3.05, 3.63) is 29.8 Å². The van der Waals surface area contributed by atoms with Gasteiger partial charge in [-0.1, -0.05) is 12.1 Å². The third-order valence-electron chi connectivity index (χ3n) is 3.34. The predicted molar refractivity (Wildman–Crippen MR) is 66.2 cm³/mol. The number of rotatable bonds is 4. The Kier molecular flexibility index (Phi) is 4.40. The van der Waals surface area contributed by atoms with Crippen molar-refractivity contribution >= 4 is 0 Å². The van der Waals surface area contributed by atoms with Crippen LogP contribution >= 0.6 is 0 Å². The van der Waals surface area contributed by atoms with Crippen molar-refractivity contribution in [1.29, 1.82) is 0 Å². The van der Waals surface area contributed by atoms with E-state index in [-0.39, 0.29) is 12.0 Å². The lowest BCUT2D eigenvalue weighted by Gasteiger charge is -2.26. The molecule has 1 fully saturated rings. The number of methoxy groups -OCH3 is 1. The monoisotopic (exact) mass is 236 g/mol. The maximum atomic E-state index is 10.1. The van der Waals surface area contributed by atoms with E-state index in [1.165, 1.54) is 0 Å². The minimum Gasteiger partial charge on any atom is -0.497 e. The van der Waals surface area contributed by atoms with Gasteiger partial charge in [0.15, 0.2) is 0 Å². The lowest BCUT2D eigenvalue weighted by molar-refractivity contribution is -0.00847. The van der Waals surface area contributed by atoms with Crippen LogP contribution in [0.25, 0.3) is 0 Å². The standard InChI is InChI=1S/C14H20O3/c1-16-13-6-4-11(5-7-13)9-14(15)12-3-2-8-17-10-12/h4-7,12,14-15H,2-3,8-10H2,1H3. The first-order valence-corrected chi connectivity index (χ1v) is 6.18. The normalized spacial score (nSPS) is 22.1. The molecule has 1 aromatic carbocycles. The highest BCUT2D eigenvalue weighted by Gasteiger charge is 2.22. The molecular formula is C14H20O3. The Morgan fingerprint density at radius 2 is 2.18 bits per heavy atom. The summed E-state index contributed by atoms with van der Waals surface area (Å²) < 4.78 is 10.5. The second kappa shape index (κ2) is 6.03. The Morgan fingerprint density at radius 1 is 1.41 bits per heavy atom. The lowest BCUT2D eigenvalue weighted by atomic mass is 9.91. The molecule has 1 aliphatic rings. The Morgan fingerprint density at radius 3 is 2.76 bits per heavy atom. The average Bonchev–Trinajstić information content (AvgIpc) is 2.40. The van der Waals surface area contributed by atoms with Gasteiger partial charge in [0.2, 0.25) is 0 Å². The van der Waals surface area contributed by atoms with E-state index in [1.807, 2.05) is 24.3 Å². The number of aliphatic hydroxyl groups excluding tert-OH is 1. The van der Waals surface area contributed by atoms with E-state index in [1.54, 1.807) is 7.11 Å². The first kappa shape index (κ1) is 12.4. The van der Waals surface area contributed by atoms with Gasteiger partial charge in [-0.3, -0.25) is 0 Å². The maximum absolute atomic E-state index is 10.1. The first-order chi connectivity index (χ1) is 8.29. The molecule has 1 saturated heterocycles. The largest absolute Gasteiger partial charge is 0.497 e. The van der Waals surface area contributed by atoms with Gasteiger partial charge in [0, 0.05) is 12.5 Å². The van der Waals surface area contributed by atoms with Crippen LogP contribution in [0.3, 0.4) is 0 Å². The topological polar surface area (TPSA) is 38.7 Å². The molecular weight excluding hydrogens is 216 g/mol. The molecule has 1 aliphatic heterocycles.